The van der Waals surface area contributed by atoms with Gasteiger partial charge in [0.2, 0.25) is 0 Å². The summed E-state index contributed by atoms with van der Waals surface area (Å²) in [6, 6.07) is 86.6. The van der Waals surface area contributed by atoms with E-state index in [2.05, 4.69) is 278 Å². The maximum absolute atomic E-state index is 8.12. The molecule has 6 heterocycles. The Morgan fingerprint density at radius 1 is 0.298 bits per heavy atom. The fraction of sp³-hybridized carbons (Fsp3) is 0.0789. The molecule has 0 bridgehead atoms. The van der Waals surface area contributed by atoms with Crippen LogP contribution in [0.5, 0.6) is 23.0 Å². The summed E-state index contributed by atoms with van der Waals surface area (Å²) in [5.74, 6) is 4.00. The van der Waals surface area contributed by atoms with Crippen molar-refractivity contribution in [3.05, 3.63) is 253 Å². The molecule has 84 heavy (non-hydrogen) atoms. The average molecular weight is 1110 g/mol. The molecule has 0 amide bonds. The molecule has 8 aliphatic rings. The number of benzene rings is 12. The van der Waals surface area contributed by atoms with Gasteiger partial charge in [-0.05, 0) is 141 Å². The highest BCUT2D eigenvalue weighted by atomic mass is 28.3. The standard InChI is InChI=1S/C76H52N4O2Si2/c1-75(2)53-33-19-17-31-47(53)49-39-59-71-67(63(49)75)81-61-41-51-52(65-73(61)83(71)69-55(77(59)43-23-9-5-10-24-43)35-21-37-57(69)79(65)45-27-13-7-14-28-45)42-62-74-66(51)80(46-29-15-8-16-30-46)58-38-22-36-56-70(58)84(74)72-60(78(56)44-25-11-6-12-26-44)40-50-48-32-18-20-34-54(48)76(3,4)64(50)68(72)82-62/h5-42,83-84H,1-4H3. The Hall–Kier alpha value is -9.87. The molecular weight excluding hydrogens is 1060 g/mol. The van der Waals surface area contributed by atoms with E-state index in [1.165, 1.54) is 121 Å². The quantitative estimate of drug-likeness (QED) is 0.163. The van der Waals surface area contributed by atoms with Crippen molar-refractivity contribution in [2.24, 2.45) is 0 Å². The third-order valence-electron chi connectivity index (χ3n) is 20.2. The van der Waals surface area contributed by atoms with Crippen LogP contribution >= 0.6 is 0 Å². The Bertz CT molecular complexity index is 4690. The van der Waals surface area contributed by atoms with Gasteiger partial charge in [-0.25, -0.2) is 0 Å². The Balaban J connectivity index is 0.951. The lowest BCUT2D eigenvalue weighted by Crippen LogP contribution is -2.64. The van der Waals surface area contributed by atoms with Crippen LogP contribution in [0.15, 0.2) is 231 Å². The van der Waals surface area contributed by atoms with Crippen molar-refractivity contribution >= 4 is 128 Å². The van der Waals surface area contributed by atoms with Crippen molar-refractivity contribution < 1.29 is 9.47 Å². The highest BCUT2D eigenvalue weighted by Gasteiger charge is 2.55. The van der Waals surface area contributed by atoms with Gasteiger partial charge < -0.3 is 29.1 Å². The van der Waals surface area contributed by atoms with Gasteiger partial charge in [-0.2, -0.15) is 0 Å². The predicted molar refractivity (Wildman–Crippen MR) is 350 cm³/mol. The SMILES string of the molecule is CC1(C)c2ccccc2-c2cc3c4c(c21)Oc1cc2c5c6c(cc2c2c1[SiH]4c1c(cccc1N2c1ccccc1)N3c1ccccc1)Oc1c2c(cc3c1C(C)(C)c1ccccc1-3)N(c1ccccc1)c1cccc(c1[SiH]26)N5c1ccccc1. The Morgan fingerprint density at radius 3 is 1.01 bits per heavy atom. The molecule has 396 valence electrons. The second kappa shape index (κ2) is 15.6. The normalized spacial score (nSPS) is 17.6. The molecule has 0 radical (unpaired) electrons. The third kappa shape index (κ3) is 5.39. The smallest absolute Gasteiger partial charge is 0.153 e. The van der Waals surface area contributed by atoms with E-state index in [0.717, 1.165) is 56.5 Å². The molecule has 0 N–H and O–H groups in total. The fourth-order valence-corrected chi connectivity index (χ4v) is 24.8. The van der Waals surface area contributed by atoms with Gasteiger partial charge in [0.05, 0.1) is 22.7 Å². The third-order valence-corrected chi connectivity index (χ3v) is 27.1. The highest BCUT2D eigenvalue weighted by Crippen LogP contribution is 2.62. The lowest BCUT2D eigenvalue weighted by molar-refractivity contribution is 0.468. The van der Waals surface area contributed by atoms with Crippen LogP contribution in [0.3, 0.4) is 0 Å². The molecule has 20 rings (SSSR count). The van der Waals surface area contributed by atoms with E-state index < -0.39 is 17.6 Å². The van der Waals surface area contributed by atoms with Crippen molar-refractivity contribution in [1.29, 1.82) is 0 Å². The number of nitrogens with zero attached hydrogens (tertiary/aromatic N) is 4. The average Bonchev–Trinajstić information content (AvgIpc) is 0.956. The van der Waals surface area contributed by atoms with E-state index >= 15 is 0 Å². The first-order valence-corrected chi connectivity index (χ1v) is 33.0. The van der Waals surface area contributed by atoms with Gasteiger partial charge in [0.25, 0.3) is 0 Å². The van der Waals surface area contributed by atoms with E-state index in [0.29, 0.717) is 0 Å². The number of fused-ring (bicyclic) bond motifs is 11. The summed E-state index contributed by atoms with van der Waals surface area (Å²) in [6.45, 7) is 9.65. The molecule has 2 unspecified atom stereocenters. The molecule has 12 aromatic rings. The summed E-state index contributed by atoms with van der Waals surface area (Å²) in [4.78, 5) is 10.3. The van der Waals surface area contributed by atoms with Crippen molar-refractivity contribution in [2.75, 3.05) is 19.6 Å². The van der Waals surface area contributed by atoms with Crippen molar-refractivity contribution in [3.8, 4) is 45.3 Å². The van der Waals surface area contributed by atoms with Crippen LogP contribution in [-0.4, -0.2) is 17.6 Å². The van der Waals surface area contributed by atoms with Crippen molar-refractivity contribution in [2.45, 2.75) is 38.5 Å². The zero-order valence-electron chi connectivity index (χ0n) is 46.7. The maximum Gasteiger partial charge on any atom is 0.153 e. The first-order valence-electron chi connectivity index (χ1n) is 29.6. The molecule has 0 saturated heterocycles. The topological polar surface area (TPSA) is 31.4 Å². The zero-order chi connectivity index (χ0) is 55.2. The largest absolute Gasteiger partial charge is 0.457 e. The molecule has 2 aliphatic carbocycles. The molecule has 12 aromatic carbocycles. The minimum atomic E-state index is -2.44. The molecule has 0 spiro atoms. The molecule has 0 saturated carbocycles. The van der Waals surface area contributed by atoms with Crippen molar-refractivity contribution in [3.63, 3.8) is 0 Å². The van der Waals surface area contributed by atoms with E-state index in [1.807, 2.05) is 0 Å². The van der Waals surface area contributed by atoms with Crippen LogP contribution in [0.25, 0.3) is 33.0 Å². The molecule has 6 nitrogen and oxygen atoms in total. The van der Waals surface area contributed by atoms with Crippen LogP contribution in [-0.2, 0) is 10.8 Å². The molecule has 0 fully saturated rings. The molecule has 8 heteroatoms. The van der Waals surface area contributed by atoms with Gasteiger partial charge in [-0.3, -0.25) is 0 Å². The van der Waals surface area contributed by atoms with E-state index in [-0.39, 0.29) is 10.8 Å². The Morgan fingerprint density at radius 2 is 0.631 bits per heavy atom. The van der Waals surface area contributed by atoms with Gasteiger partial charge in [-0.15, -0.1) is 0 Å². The monoisotopic (exact) mass is 1110 g/mol. The summed E-state index contributed by atoms with van der Waals surface area (Å²) in [6.07, 6.45) is 0. The maximum atomic E-state index is 8.12. The summed E-state index contributed by atoms with van der Waals surface area (Å²) in [5, 5.41) is 10.5. The van der Waals surface area contributed by atoms with E-state index in [9.17, 15) is 0 Å². The molecular formula is C76H52N4O2Si2. The first-order chi connectivity index (χ1) is 41.3. The Labute approximate surface area is 490 Å². The fourth-order valence-electron chi connectivity index (χ4n) is 17.1. The van der Waals surface area contributed by atoms with E-state index in [4.69, 9.17) is 9.47 Å². The number of ether oxygens (including phenoxy) is 2. The van der Waals surface area contributed by atoms with Crippen LogP contribution in [0.1, 0.15) is 49.9 Å². The highest BCUT2D eigenvalue weighted by molar-refractivity contribution is 7.03. The summed E-state index contributed by atoms with van der Waals surface area (Å²) < 4.78 is 16.2. The second-order valence-corrected chi connectivity index (χ2v) is 30.2. The lowest BCUT2D eigenvalue weighted by Gasteiger charge is -2.49. The molecule has 0 aromatic heterocycles. The van der Waals surface area contributed by atoms with Crippen LogP contribution in [0, 0.1) is 0 Å². The first kappa shape index (κ1) is 45.7. The molecule has 6 aliphatic heterocycles. The van der Waals surface area contributed by atoms with Gasteiger partial charge in [0.15, 0.2) is 17.6 Å². The number of para-hydroxylation sites is 4. The summed E-state index contributed by atoms with van der Waals surface area (Å²) in [5.41, 5.74) is 23.9. The van der Waals surface area contributed by atoms with Crippen LogP contribution < -0.4 is 60.2 Å². The van der Waals surface area contributed by atoms with Crippen molar-refractivity contribution in [1.82, 2.24) is 0 Å². The van der Waals surface area contributed by atoms with Gasteiger partial charge in [0, 0.05) is 99.0 Å². The number of rotatable bonds is 4. The van der Waals surface area contributed by atoms with Gasteiger partial charge in [-0.1, -0.05) is 161 Å². The summed E-state index contributed by atoms with van der Waals surface area (Å²) in [7, 11) is -4.88. The minimum Gasteiger partial charge on any atom is -0.457 e. The number of hydrogen-bond donors (Lipinski definition) is 0. The molecule has 2 atom stereocenters. The predicted octanol–water partition coefficient (Wildman–Crippen LogP) is 15.3. The van der Waals surface area contributed by atoms with Gasteiger partial charge in [0.1, 0.15) is 23.0 Å². The van der Waals surface area contributed by atoms with E-state index in [1.54, 1.807) is 0 Å². The van der Waals surface area contributed by atoms with Crippen LogP contribution in [0.4, 0.5) is 68.2 Å². The number of hydrogen-bond acceptors (Lipinski definition) is 6. The lowest BCUT2D eigenvalue weighted by atomic mass is 9.81. The number of anilines is 12. The Kier molecular flexibility index (Phi) is 8.49. The summed E-state index contributed by atoms with van der Waals surface area (Å²) >= 11 is 0. The van der Waals surface area contributed by atoms with Gasteiger partial charge >= 0.3 is 0 Å². The zero-order valence-corrected chi connectivity index (χ0v) is 49.0. The second-order valence-electron chi connectivity index (χ2n) is 25.0. The minimum absolute atomic E-state index is 0.320. The van der Waals surface area contributed by atoms with Crippen LogP contribution in [0.2, 0.25) is 0 Å².